The Bertz CT molecular complexity index is 126. The highest BCUT2D eigenvalue weighted by Crippen LogP contribution is 2.01. The summed E-state index contributed by atoms with van der Waals surface area (Å²) >= 11 is 0. The fourth-order valence-corrected chi connectivity index (χ4v) is 0.869. The van der Waals surface area contributed by atoms with E-state index in [1.807, 2.05) is 0 Å². The third kappa shape index (κ3) is 1.16. The molecule has 0 heterocycles. The van der Waals surface area contributed by atoms with E-state index >= 15 is 0 Å². The lowest BCUT2D eigenvalue weighted by Gasteiger charge is -1.94. The minimum atomic E-state index is 1.23. The smallest absolute Gasteiger partial charge is 0.0627 e. The molecular formula is C8H11-. The highest BCUT2D eigenvalue weighted by atomic mass is 13.9. The first-order valence-electron chi connectivity index (χ1n) is 3.14. The van der Waals surface area contributed by atoms with Crippen LogP contribution in [0.15, 0.2) is 24.3 Å². The van der Waals surface area contributed by atoms with Crippen LogP contribution in [0.2, 0.25) is 0 Å². The van der Waals surface area contributed by atoms with E-state index < -0.39 is 0 Å². The Hall–Kier alpha value is -0.650. The first kappa shape index (κ1) is 5.49. The zero-order valence-electron chi connectivity index (χ0n) is 5.22. The van der Waals surface area contributed by atoms with E-state index in [2.05, 4.69) is 31.2 Å². The molecule has 0 unspecified atom stereocenters. The summed E-state index contributed by atoms with van der Waals surface area (Å²) in [6, 6.07) is 8.52. The van der Waals surface area contributed by atoms with Crippen LogP contribution in [0.3, 0.4) is 0 Å². The van der Waals surface area contributed by atoms with Crippen LogP contribution in [-0.4, -0.2) is 0 Å². The van der Waals surface area contributed by atoms with E-state index in [1.54, 1.807) is 0 Å². The number of hydrogen-bond donors (Lipinski definition) is 0. The second kappa shape index (κ2) is 2.61. The molecule has 0 radical (unpaired) electrons. The number of hydrogen-bond acceptors (Lipinski definition) is 0. The molecule has 0 aliphatic carbocycles. The van der Waals surface area contributed by atoms with E-state index in [4.69, 9.17) is 0 Å². The van der Waals surface area contributed by atoms with Crippen molar-refractivity contribution in [1.29, 1.82) is 0 Å². The summed E-state index contributed by atoms with van der Waals surface area (Å²) in [6.07, 6.45) is 2.48. The van der Waals surface area contributed by atoms with Gasteiger partial charge in [0.25, 0.3) is 0 Å². The largest absolute Gasteiger partial charge is 0.213 e. The summed E-state index contributed by atoms with van der Waals surface area (Å²) in [4.78, 5) is 0. The van der Waals surface area contributed by atoms with Crippen molar-refractivity contribution in [3.8, 4) is 0 Å². The summed E-state index contributed by atoms with van der Waals surface area (Å²) in [5.74, 6) is 0. The van der Waals surface area contributed by atoms with Crippen LogP contribution in [0.4, 0.5) is 0 Å². The summed E-state index contributed by atoms with van der Waals surface area (Å²) in [5, 5.41) is 0. The van der Waals surface area contributed by atoms with Crippen molar-refractivity contribution < 1.29 is 0 Å². The molecule has 44 valence electrons. The van der Waals surface area contributed by atoms with Crippen molar-refractivity contribution >= 4 is 0 Å². The summed E-state index contributed by atoms with van der Waals surface area (Å²) in [6.45, 7) is 2.20. The van der Waals surface area contributed by atoms with Crippen molar-refractivity contribution in [1.82, 2.24) is 0 Å². The topological polar surface area (TPSA) is 0 Å². The van der Waals surface area contributed by atoms with Crippen LogP contribution in [0.25, 0.3) is 0 Å². The molecule has 1 aromatic rings. The first-order chi connectivity index (χ1) is 3.93. The maximum absolute atomic E-state index is 2.20. The van der Waals surface area contributed by atoms with Crippen LogP contribution in [-0.2, 0) is 6.42 Å². The van der Waals surface area contributed by atoms with Gasteiger partial charge in [-0.05, 0) is 0 Å². The molecule has 0 fully saturated rings. The summed E-state index contributed by atoms with van der Waals surface area (Å²) in [5.41, 5.74) is 1.47. The normalized spacial score (nSPS) is 9.62. The molecule has 1 rings (SSSR count). The van der Waals surface area contributed by atoms with Crippen LogP contribution in [0.1, 0.15) is 18.9 Å². The molecule has 0 aliphatic rings. The van der Waals surface area contributed by atoms with Gasteiger partial charge >= 0.3 is 0 Å². The summed E-state index contributed by atoms with van der Waals surface area (Å²) in [7, 11) is 0. The van der Waals surface area contributed by atoms with Crippen molar-refractivity contribution in [3.63, 3.8) is 0 Å². The zero-order chi connectivity index (χ0) is 5.82. The lowest BCUT2D eigenvalue weighted by Crippen LogP contribution is -1.73. The third-order valence-corrected chi connectivity index (χ3v) is 1.27. The molecule has 0 heteroatoms. The lowest BCUT2D eigenvalue weighted by atomic mass is 10.2. The van der Waals surface area contributed by atoms with Gasteiger partial charge in [-0.2, -0.15) is 17.7 Å². The maximum Gasteiger partial charge on any atom is -0.0627 e. The number of rotatable bonds is 2. The summed E-state index contributed by atoms with van der Waals surface area (Å²) < 4.78 is 0. The van der Waals surface area contributed by atoms with Gasteiger partial charge in [0.15, 0.2) is 0 Å². The standard InChI is InChI=1S/C8H11/c1-2-5-8-6-3-4-7-8/h3-4,6-7H,2,5H2,1H3/q-1. The molecule has 0 aliphatic heterocycles. The number of aryl methyl sites for hydroxylation is 1. The minimum Gasteiger partial charge on any atom is -0.213 e. The predicted octanol–water partition coefficient (Wildman–Crippen LogP) is 2.36. The van der Waals surface area contributed by atoms with Crippen LogP contribution in [0, 0.1) is 0 Å². The Balaban J connectivity index is 2.50. The van der Waals surface area contributed by atoms with Crippen molar-refractivity contribution in [2.24, 2.45) is 0 Å². The molecule has 0 nitrogen and oxygen atoms in total. The fraction of sp³-hybridized carbons (Fsp3) is 0.375. The molecular weight excluding hydrogens is 96.1 g/mol. The van der Waals surface area contributed by atoms with Crippen LogP contribution >= 0.6 is 0 Å². The zero-order valence-corrected chi connectivity index (χ0v) is 5.22. The Kier molecular flexibility index (Phi) is 1.79. The molecule has 1 aromatic carbocycles. The first-order valence-corrected chi connectivity index (χ1v) is 3.14. The Labute approximate surface area is 50.5 Å². The molecule has 0 N–H and O–H groups in total. The van der Waals surface area contributed by atoms with Gasteiger partial charge in [0.05, 0.1) is 0 Å². The average molecular weight is 107 g/mol. The Morgan fingerprint density at radius 2 is 1.88 bits per heavy atom. The van der Waals surface area contributed by atoms with Crippen molar-refractivity contribution in [2.45, 2.75) is 19.8 Å². The molecule has 0 saturated carbocycles. The van der Waals surface area contributed by atoms with Gasteiger partial charge in [-0.3, -0.25) is 0 Å². The molecule has 0 aromatic heterocycles. The lowest BCUT2D eigenvalue weighted by molar-refractivity contribution is 0.926. The molecule has 0 bridgehead atoms. The van der Waals surface area contributed by atoms with Crippen molar-refractivity contribution in [2.75, 3.05) is 0 Å². The van der Waals surface area contributed by atoms with E-state index in [9.17, 15) is 0 Å². The Morgan fingerprint density at radius 1 is 1.25 bits per heavy atom. The minimum absolute atomic E-state index is 1.23. The maximum atomic E-state index is 2.20. The molecule has 0 spiro atoms. The average Bonchev–Trinajstić information content (AvgIpc) is 2.19. The van der Waals surface area contributed by atoms with Gasteiger partial charge in [-0.1, -0.05) is 19.8 Å². The van der Waals surface area contributed by atoms with Crippen molar-refractivity contribution in [3.05, 3.63) is 29.8 Å². The third-order valence-electron chi connectivity index (χ3n) is 1.27. The van der Waals surface area contributed by atoms with Gasteiger partial charge in [-0.25, -0.2) is 12.1 Å². The highest BCUT2D eigenvalue weighted by Gasteiger charge is 1.77. The van der Waals surface area contributed by atoms with Crippen LogP contribution in [0.5, 0.6) is 0 Å². The van der Waals surface area contributed by atoms with Gasteiger partial charge in [0.2, 0.25) is 0 Å². The molecule has 0 amide bonds. The van der Waals surface area contributed by atoms with E-state index in [1.165, 1.54) is 18.4 Å². The van der Waals surface area contributed by atoms with Gasteiger partial charge in [0.1, 0.15) is 0 Å². The van der Waals surface area contributed by atoms with E-state index in [-0.39, 0.29) is 0 Å². The van der Waals surface area contributed by atoms with E-state index in [0.717, 1.165) is 0 Å². The fourth-order valence-electron chi connectivity index (χ4n) is 0.869. The monoisotopic (exact) mass is 107 g/mol. The second-order valence-corrected chi connectivity index (χ2v) is 2.04. The van der Waals surface area contributed by atoms with Gasteiger partial charge < -0.3 is 0 Å². The second-order valence-electron chi connectivity index (χ2n) is 2.04. The molecule has 0 saturated heterocycles. The van der Waals surface area contributed by atoms with Crippen LogP contribution < -0.4 is 0 Å². The van der Waals surface area contributed by atoms with Gasteiger partial charge in [0, 0.05) is 0 Å². The predicted molar refractivity (Wildman–Crippen MR) is 36.0 cm³/mol. The highest BCUT2D eigenvalue weighted by molar-refractivity contribution is 5.15. The Morgan fingerprint density at radius 3 is 2.38 bits per heavy atom. The van der Waals surface area contributed by atoms with Gasteiger partial charge in [-0.15, -0.1) is 0 Å². The van der Waals surface area contributed by atoms with E-state index in [0.29, 0.717) is 0 Å². The SMILES string of the molecule is CCC[c-]1cccc1. The molecule has 8 heavy (non-hydrogen) atoms. The quantitative estimate of drug-likeness (QED) is 0.509. The molecule has 0 atom stereocenters.